The van der Waals surface area contributed by atoms with Gasteiger partial charge in [-0.05, 0) is 87.7 Å². The molecule has 0 aliphatic carbocycles. The lowest BCUT2D eigenvalue weighted by Gasteiger charge is -2.30. The van der Waals surface area contributed by atoms with Crippen LogP contribution in [0.4, 0.5) is 0 Å². The van der Waals surface area contributed by atoms with Gasteiger partial charge in [-0.2, -0.15) is 5.10 Å². The van der Waals surface area contributed by atoms with Crippen molar-refractivity contribution in [3.05, 3.63) is 70.5 Å². The molecule has 3 aromatic rings. The maximum Gasteiger partial charge on any atom is 0.254 e. The Labute approximate surface area is 183 Å². The first-order valence-corrected chi connectivity index (χ1v) is 10.8. The highest BCUT2D eigenvalue weighted by molar-refractivity contribution is 5.94. The summed E-state index contributed by atoms with van der Waals surface area (Å²) in [7, 11) is 0. The monoisotopic (exact) mass is 419 g/mol. The van der Waals surface area contributed by atoms with Crippen molar-refractivity contribution in [2.45, 2.75) is 40.7 Å². The van der Waals surface area contributed by atoms with E-state index in [0.717, 1.165) is 40.6 Å². The summed E-state index contributed by atoms with van der Waals surface area (Å²) in [6.45, 7) is 10.3. The van der Waals surface area contributed by atoms with Crippen LogP contribution < -0.4 is 9.47 Å². The van der Waals surface area contributed by atoms with E-state index >= 15 is 0 Å². The molecule has 31 heavy (non-hydrogen) atoms. The van der Waals surface area contributed by atoms with Crippen molar-refractivity contribution in [3.8, 4) is 17.2 Å². The molecule has 0 atom stereocenters. The third kappa shape index (κ3) is 4.29. The fourth-order valence-electron chi connectivity index (χ4n) is 4.09. The third-order valence-corrected chi connectivity index (χ3v) is 5.53. The van der Waals surface area contributed by atoms with Crippen LogP contribution in [-0.4, -0.2) is 40.3 Å². The number of hydrogen-bond acceptors (Lipinski definition) is 4. The maximum atomic E-state index is 13.2. The largest absolute Gasteiger partial charge is 0.490 e. The van der Waals surface area contributed by atoms with E-state index < -0.39 is 0 Å². The van der Waals surface area contributed by atoms with Crippen LogP contribution in [0.2, 0.25) is 0 Å². The van der Waals surface area contributed by atoms with Gasteiger partial charge in [0.05, 0.1) is 24.6 Å². The van der Waals surface area contributed by atoms with E-state index in [0.29, 0.717) is 31.9 Å². The van der Waals surface area contributed by atoms with Gasteiger partial charge in [0.2, 0.25) is 0 Å². The number of benzene rings is 2. The zero-order valence-corrected chi connectivity index (χ0v) is 18.6. The third-order valence-electron chi connectivity index (χ3n) is 5.53. The number of rotatable bonds is 6. The van der Waals surface area contributed by atoms with Crippen molar-refractivity contribution in [3.63, 3.8) is 0 Å². The molecule has 4 rings (SSSR count). The number of aryl methyl sites for hydroxylation is 2. The minimum absolute atomic E-state index is 0.0393. The molecule has 2 heterocycles. The Balaban J connectivity index is 1.53. The van der Waals surface area contributed by atoms with Gasteiger partial charge in [0.1, 0.15) is 0 Å². The van der Waals surface area contributed by atoms with Crippen LogP contribution in [0.1, 0.15) is 46.7 Å². The highest BCUT2D eigenvalue weighted by Crippen LogP contribution is 2.34. The van der Waals surface area contributed by atoms with Crippen LogP contribution in [-0.2, 0) is 13.0 Å². The Kier molecular flexibility index (Phi) is 5.98. The van der Waals surface area contributed by atoms with Crippen LogP contribution in [0.25, 0.3) is 5.69 Å². The average Bonchev–Trinajstić information content (AvgIpc) is 3.11. The molecule has 0 saturated heterocycles. The lowest BCUT2D eigenvalue weighted by atomic mass is 9.98. The molecule has 1 aromatic heterocycles. The van der Waals surface area contributed by atoms with E-state index in [1.165, 1.54) is 5.56 Å². The Morgan fingerprint density at radius 1 is 0.968 bits per heavy atom. The van der Waals surface area contributed by atoms with Crippen molar-refractivity contribution < 1.29 is 14.3 Å². The Morgan fingerprint density at radius 2 is 1.61 bits per heavy atom. The lowest BCUT2D eigenvalue weighted by Crippen LogP contribution is -2.36. The quantitative estimate of drug-likeness (QED) is 0.591. The van der Waals surface area contributed by atoms with Gasteiger partial charge in [0, 0.05) is 24.3 Å². The van der Waals surface area contributed by atoms with E-state index in [2.05, 4.69) is 11.2 Å². The molecule has 1 amide bonds. The van der Waals surface area contributed by atoms with Crippen molar-refractivity contribution in [2.24, 2.45) is 0 Å². The molecule has 0 spiro atoms. The fourth-order valence-corrected chi connectivity index (χ4v) is 4.09. The molecule has 1 aliphatic rings. The van der Waals surface area contributed by atoms with E-state index in [1.807, 2.05) is 73.7 Å². The number of hydrogen-bond donors (Lipinski definition) is 0. The van der Waals surface area contributed by atoms with Gasteiger partial charge in [0.25, 0.3) is 5.91 Å². The molecule has 0 saturated carbocycles. The summed E-state index contributed by atoms with van der Waals surface area (Å²) in [6.07, 6.45) is 0.803. The number of amides is 1. The minimum atomic E-state index is 0.0393. The maximum absolute atomic E-state index is 13.2. The van der Waals surface area contributed by atoms with E-state index in [9.17, 15) is 4.79 Å². The first-order valence-electron chi connectivity index (χ1n) is 10.8. The molecular weight excluding hydrogens is 390 g/mol. The number of aromatic nitrogens is 2. The molecule has 2 aromatic carbocycles. The Bertz CT molecular complexity index is 1090. The van der Waals surface area contributed by atoms with Crippen LogP contribution in [0.5, 0.6) is 11.5 Å². The highest BCUT2D eigenvalue weighted by atomic mass is 16.5. The summed E-state index contributed by atoms with van der Waals surface area (Å²) in [4.78, 5) is 15.1. The van der Waals surface area contributed by atoms with Gasteiger partial charge < -0.3 is 14.4 Å². The zero-order chi connectivity index (χ0) is 22.0. The predicted molar refractivity (Wildman–Crippen MR) is 120 cm³/mol. The fraction of sp³-hybridized carbons (Fsp3) is 0.360. The van der Waals surface area contributed by atoms with Crippen LogP contribution in [0, 0.1) is 13.8 Å². The first kappa shape index (κ1) is 21.0. The van der Waals surface area contributed by atoms with Gasteiger partial charge in [0.15, 0.2) is 11.5 Å². The molecule has 0 unspecified atom stereocenters. The molecule has 162 valence electrons. The number of nitrogens with zero attached hydrogens (tertiary/aromatic N) is 3. The van der Waals surface area contributed by atoms with Gasteiger partial charge >= 0.3 is 0 Å². The lowest BCUT2D eigenvalue weighted by molar-refractivity contribution is 0.0734. The van der Waals surface area contributed by atoms with Crippen LogP contribution in [0.3, 0.4) is 0 Å². The van der Waals surface area contributed by atoms with Crippen molar-refractivity contribution >= 4 is 5.91 Å². The summed E-state index contributed by atoms with van der Waals surface area (Å²) in [5, 5.41) is 4.51. The number of carbonyl (C=O) groups excluding carboxylic acids is 1. The van der Waals surface area contributed by atoms with Gasteiger partial charge in [-0.3, -0.25) is 4.79 Å². The second kappa shape index (κ2) is 8.84. The normalized spacial score (nSPS) is 13.1. The minimum Gasteiger partial charge on any atom is -0.490 e. The topological polar surface area (TPSA) is 56.6 Å². The van der Waals surface area contributed by atoms with Gasteiger partial charge in [-0.1, -0.05) is 0 Å². The Hall–Kier alpha value is -3.28. The number of carbonyl (C=O) groups is 1. The SMILES string of the molecule is CCOc1cc2c(cc1OCC)CN(C(=O)c1ccc(-n3nc(C)cc3C)cc1)CC2. The summed E-state index contributed by atoms with van der Waals surface area (Å²) >= 11 is 0. The molecule has 6 heteroatoms. The standard InChI is InChI=1S/C25H29N3O3/c1-5-30-23-14-20-11-12-27(16-21(20)15-24(23)31-6-2)25(29)19-7-9-22(10-8-19)28-18(4)13-17(3)26-28/h7-10,13-15H,5-6,11-12,16H2,1-4H3. The van der Waals surface area contributed by atoms with Crippen LogP contribution >= 0.6 is 0 Å². The summed E-state index contributed by atoms with van der Waals surface area (Å²) < 4.78 is 13.4. The summed E-state index contributed by atoms with van der Waals surface area (Å²) in [5.41, 5.74) is 6.02. The predicted octanol–water partition coefficient (Wildman–Crippen LogP) is 4.49. The van der Waals surface area contributed by atoms with Gasteiger partial charge in [-0.25, -0.2) is 4.68 Å². The van der Waals surface area contributed by atoms with Gasteiger partial charge in [-0.15, -0.1) is 0 Å². The molecule has 0 radical (unpaired) electrons. The van der Waals surface area contributed by atoms with Crippen molar-refractivity contribution in [2.75, 3.05) is 19.8 Å². The van der Waals surface area contributed by atoms with E-state index in [1.54, 1.807) is 0 Å². The second-order valence-electron chi connectivity index (χ2n) is 7.80. The van der Waals surface area contributed by atoms with Crippen LogP contribution in [0.15, 0.2) is 42.5 Å². The first-order chi connectivity index (χ1) is 15.0. The summed E-state index contributed by atoms with van der Waals surface area (Å²) in [6, 6.07) is 13.8. The van der Waals surface area contributed by atoms with E-state index in [4.69, 9.17) is 9.47 Å². The highest BCUT2D eigenvalue weighted by Gasteiger charge is 2.24. The molecule has 0 N–H and O–H groups in total. The molecule has 0 bridgehead atoms. The van der Waals surface area contributed by atoms with Crippen molar-refractivity contribution in [1.29, 1.82) is 0 Å². The zero-order valence-electron chi connectivity index (χ0n) is 18.6. The van der Waals surface area contributed by atoms with Crippen molar-refractivity contribution in [1.82, 2.24) is 14.7 Å². The van der Waals surface area contributed by atoms with E-state index in [-0.39, 0.29) is 5.91 Å². The molecule has 1 aliphatic heterocycles. The second-order valence-corrected chi connectivity index (χ2v) is 7.80. The molecular formula is C25H29N3O3. The number of fused-ring (bicyclic) bond motifs is 1. The molecule has 6 nitrogen and oxygen atoms in total. The molecule has 0 fully saturated rings. The Morgan fingerprint density at radius 3 is 2.19 bits per heavy atom. The number of ether oxygens (including phenoxy) is 2. The average molecular weight is 420 g/mol. The smallest absolute Gasteiger partial charge is 0.254 e. The summed E-state index contributed by atoms with van der Waals surface area (Å²) in [5.74, 6) is 1.56.